The largest absolute Gasteiger partial charge is 0.377 e. The summed E-state index contributed by atoms with van der Waals surface area (Å²) in [5.41, 5.74) is 1.28. The van der Waals surface area contributed by atoms with Crippen LogP contribution in [0.15, 0.2) is 12.2 Å². The summed E-state index contributed by atoms with van der Waals surface area (Å²) in [5.74, 6) is 0. The number of rotatable bonds is 6. The summed E-state index contributed by atoms with van der Waals surface area (Å²) in [6.07, 6.45) is 8.72. The Balaban J connectivity index is 2.79. The molecule has 0 amide bonds. The Morgan fingerprint density at radius 2 is 1.88 bits per heavy atom. The van der Waals surface area contributed by atoms with Crippen LogP contribution in [0.4, 0.5) is 0 Å². The monoisotopic (exact) mass is 239 g/mol. The molecule has 1 saturated carbocycles. The second-order valence-corrected chi connectivity index (χ2v) is 5.45. The van der Waals surface area contributed by atoms with Gasteiger partial charge in [0.1, 0.15) is 0 Å². The Kier molecular flexibility index (Phi) is 6.21. The van der Waals surface area contributed by atoms with Crippen molar-refractivity contribution in [2.75, 3.05) is 13.7 Å². The van der Waals surface area contributed by atoms with Crippen molar-refractivity contribution in [3.8, 4) is 0 Å². The molecule has 1 aliphatic rings. The zero-order valence-electron chi connectivity index (χ0n) is 11.8. The van der Waals surface area contributed by atoms with Gasteiger partial charge in [-0.3, -0.25) is 0 Å². The fourth-order valence-corrected chi connectivity index (χ4v) is 3.06. The van der Waals surface area contributed by atoms with Crippen LogP contribution in [0.3, 0.4) is 0 Å². The minimum absolute atomic E-state index is 0.0332. The van der Waals surface area contributed by atoms with Gasteiger partial charge in [-0.2, -0.15) is 0 Å². The van der Waals surface area contributed by atoms with Gasteiger partial charge in [-0.15, -0.1) is 6.58 Å². The van der Waals surface area contributed by atoms with Crippen molar-refractivity contribution in [2.45, 2.75) is 70.4 Å². The Morgan fingerprint density at radius 1 is 1.29 bits per heavy atom. The highest BCUT2D eigenvalue weighted by Gasteiger charge is 2.38. The predicted octanol–water partition coefficient (Wildman–Crippen LogP) is 3.67. The molecule has 0 saturated heterocycles. The minimum atomic E-state index is 0.0332. The first-order valence-electron chi connectivity index (χ1n) is 7.07. The highest BCUT2D eigenvalue weighted by atomic mass is 16.5. The first-order chi connectivity index (χ1) is 8.14. The Hall–Kier alpha value is -0.340. The number of nitrogens with one attached hydrogen (secondary N) is 1. The number of ether oxygens (including phenoxy) is 1. The Morgan fingerprint density at radius 3 is 2.29 bits per heavy atom. The molecule has 0 bridgehead atoms. The van der Waals surface area contributed by atoms with Crippen LogP contribution in [0.5, 0.6) is 0 Å². The number of hydrogen-bond donors (Lipinski definition) is 1. The third-order valence-electron chi connectivity index (χ3n) is 3.99. The van der Waals surface area contributed by atoms with E-state index in [1.165, 1.54) is 44.1 Å². The first kappa shape index (κ1) is 14.7. The van der Waals surface area contributed by atoms with E-state index in [2.05, 4.69) is 25.7 Å². The van der Waals surface area contributed by atoms with E-state index in [0.717, 1.165) is 13.0 Å². The lowest BCUT2D eigenvalue weighted by Crippen LogP contribution is -2.52. The van der Waals surface area contributed by atoms with Crippen LogP contribution in [0.1, 0.15) is 58.8 Å². The van der Waals surface area contributed by atoms with Gasteiger partial charge >= 0.3 is 0 Å². The van der Waals surface area contributed by atoms with E-state index in [1.54, 1.807) is 0 Å². The van der Waals surface area contributed by atoms with Gasteiger partial charge < -0.3 is 10.1 Å². The quantitative estimate of drug-likeness (QED) is 0.564. The maximum Gasteiger partial charge on any atom is 0.0834 e. The normalized spacial score (nSPS) is 21.8. The van der Waals surface area contributed by atoms with Gasteiger partial charge in [0, 0.05) is 13.2 Å². The molecule has 1 rings (SSSR count). The molecule has 1 N–H and O–H groups in total. The maximum absolute atomic E-state index is 5.97. The summed E-state index contributed by atoms with van der Waals surface area (Å²) in [7, 11) is 1.88. The lowest BCUT2D eigenvalue weighted by Gasteiger charge is -2.40. The Bertz CT molecular complexity index is 229. The molecule has 100 valence electrons. The van der Waals surface area contributed by atoms with E-state index in [0.29, 0.717) is 6.04 Å². The molecule has 17 heavy (non-hydrogen) atoms. The van der Waals surface area contributed by atoms with E-state index in [1.807, 2.05) is 7.11 Å². The smallest absolute Gasteiger partial charge is 0.0834 e. The zero-order chi connectivity index (χ0) is 12.7. The molecule has 0 aromatic heterocycles. The van der Waals surface area contributed by atoms with E-state index in [4.69, 9.17) is 4.74 Å². The van der Waals surface area contributed by atoms with E-state index in [9.17, 15) is 0 Å². The number of likely N-dealkylation sites (N-methyl/N-ethyl adjacent to an activating group) is 1. The molecule has 0 radical (unpaired) electrons. The average Bonchev–Trinajstić information content (AvgIpc) is 2.54. The highest BCUT2D eigenvalue weighted by molar-refractivity contribution is 5.02. The summed E-state index contributed by atoms with van der Waals surface area (Å²) in [6, 6.07) is 0.424. The molecule has 0 aliphatic heterocycles. The highest BCUT2D eigenvalue weighted by Crippen LogP contribution is 2.35. The summed E-state index contributed by atoms with van der Waals surface area (Å²) in [5, 5.41) is 3.62. The molecule has 1 aliphatic carbocycles. The van der Waals surface area contributed by atoms with Crippen molar-refractivity contribution in [1.82, 2.24) is 5.32 Å². The van der Waals surface area contributed by atoms with Gasteiger partial charge in [0.05, 0.1) is 5.60 Å². The van der Waals surface area contributed by atoms with Gasteiger partial charge in [-0.1, -0.05) is 38.2 Å². The molecule has 1 fully saturated rings. The van der Waals surface area contributed by atoms with Crippen LogP contribution < -0.4 is 5.32 Å². The first-order valence-corrected chi connectivity index (χ1v) is 7.07. The fraction of sp³-hybridized carbons (Fsp3) is 0.867. The molecule has 2 heteroatoms. The Labute approximate surface area is 107 Å². The van der Waals surface area contributed by atoms with Gasteiger partial charge in [-0.25, -0.2) is 0 Å². The van der Waals surface area contributed by atoms with E-state index >= 15 is 0 Å². The molecule has 0 aromatic carbocycles. The number of methoxy groups -OCH3 is 1. The van der Waals surface area contributed by atoms with Crippen molar-refractivity contribution in [3.63, 3.8) is 0 Å². The third-order valence-corrected chi connectivity index (χ3v) is 3.99. The van der Waals surface area contributed by atoms with Crippen LogP contribution >= 0.6 is 0 Å². The summed E-state index contributed by atoms with van der Waals surface area (Å²) in [6.45, 7) is 9.36. The van der Waals surface area contributed by atoms with Crippen LogP contribution in [-0.2, 0) is 4.74 Å². The second-order valence-electron chi connectivity index (χ2n) is 5.45. The predicted molar refractivity (Wildman–Crippen MR) is 74.3 cm³/mol. The maximum atomic E-state index is 5.97. The van der Waals surface area contributed by atoms with Gasteiger partial charge in [0.15, 0.2) is 0 Å². The van der Waals surface area contributed by atoms with Crippen molar-refractivity contribution >= 4 is 0 Å². The molecule has 1 unspecified atom stereocenters. The molecule has 0 spiro atoms. The third kappa shape index (κ3) is 4.11. The zero-order valence-corrected chi connectivity index (χ0v) is 11.8. The lowest BCUT2D eigenvalue weighted by molar-refractivity contribution is -0.0522. The summed E-state index contributed by atoms with van der Waals surface area (Å²) < 4.78 is 5.97. The van der Waals surface area contributed by atoms with Crippen molar-refractivity contribution < 1.29 is 4.74 Å². The minimum Gasteiger partial charge on any atom is -0.377 e. The molecular formula is C15H29NO. The molecule has 0 heterocycles. The molecule has 1 atom stereocenters. The van der Waals surface area contributed by atoms with Crippen molar-refractivity contribution in [2.24, 2.45) is 0 Å². The SMILES string of the molecule is C=C(C)CC(NCC)C1(OC)CCCCCC1. The topological polar surface area (TPSA) is 21.3 Å². The van der Waals surface area contributed by atoms with Gasteiger partial charge in [0.25, 0.3) is 0 Å². The second kappa shape index (κ2) is 7.17. The van der Waals surface area contributed by atoms with Gasteiger partial charge in [0.2, 0.25) is 0 Å². The molecular weight excluding hydrogens is 210 g/mol. The summed E-state index contributed by atoms with van der Waals surface area (Å²) >= 11 is 0. The molecule has 2 nitrogen and oxygen atoms in total. The summed E-state index contributed by atoms with van der Waals surface area (Å²) in [4.78, 5) is 0. The fourth-order valence-electron chi connectivity index (χ4n) is 3.06. The average molecular weight is 239 g/mol. The van der Waals surface area contributed by atoms with Crippen molar-refractivity contribution in [1.29, 1.82) is 0 Å². The molecule has 0 aromatic rings. The van der Waals surface area contributed by atoms with E-state index < -0.39 is 0 Å². The van der Waals surface area contributed by atoms with Crippen LogP contribution in [0.25, 0.3) is 0 Å². The van der Waals surface area contributed by atoms with Crippen molar-refractivity contribution in [3.05, 3.63) is 12.2 Å². The van der Waals surface area contributed by atoms with Gasteiger partial charge in [-0.05, 0) is 32.7 Å². The van der Waals surface area contributed by atoms with Crippen LogP contribution in [0, 0.1) is 0 Å². The van der Waals surface area contributed by atoms with Crippen LogP contribution in [-0.4, -0.2) is 25.3 Å². The van der Waals surface area contributed by atoms with E-state index in [-0.39, 0.29) is 5.60 Å². The van der Waals surface area contributed by atoms with Crippen LogP contribution in [0.2, 0.25) is 0 Å². The number of hydrogen-bond acceptors (Lipinski definition) is 2. The lowest BCUT2D eigenvalue weighted by atomic mass is 9.83. The standard InChI is InChI=1S/C15H29NO/c1-5-16-14(12-13(2)3)15(17-4)10-8-6-7-9-11-15/h14,16H,2,5-12H2,1,3-4H3.